The van der Waals surface area contributed by atoms with Crippen molar-refractivity contribution in [1.82, 2.24) is 15.3 Å². The van der Waals surface area contributed by atoms with Crippen LogP contribution in [-0.2, 0) is 12.8 Å². The molecule has 0 fully saturated rings. The van der Waals surface area contributed by atoms with Crippen molar-refractivity contribution in [3.8, 4) is 11.5 Å². The van der Waals surface area contributed by atoms with E-state index in [4.69, 9.17) is 14.5 Å². The molecule has 3 rings (SSSR count). The van der Waals surface area contributed by atoms with Gasteiger partial charge in [0.1, 0.15) is 5.82 Å². The van der Waals surface area contributed by atoms with Gasteiger partial charge in [0.05, 0.1) is 24.9 Å². The molecular formula is C19H27N3O2. The highest BCUT2D eigenvalue weighted by atomic mass is 16.5. The summed E-state index contributed by atoms with van der Waals surface area (Å²) < 4.78 is 11.6. The van der Waals surface area contributed by atoms with E-state index in [-0.39, 0.29) is 6.04 Å². The van der Waals surface area contributed by atoms with Crippen LogP contribution >= 0.6 is 0 Å². The first-order valence-corrected chi connectivity index (χ1v) is 8.89. The van der Waals surface area contributed by atoms with Crippen molar-refractivity contribution in [2.24, 2.45) is 0 Å². The lowest BCUT2D eigenvalue weighted by atomic mass is 9.91. The number of hydrogen-bond acceptors (Lipinski definition) is 4. The number of imidazole rings is 1. The molecule has 0 amide bonds. The van der Waals surface area contributed by atoms with Crippen LogP contribution in [0, 0.1) is 6.92 Å². The maximum absolute atomic E-state index is 5.82. The van der Waals surface area contributed by atoms with Crippen LogP contribution in [-0.4, -0.2) is 29.7 Å². The van der Waals surface area contributed by atoms with E-state index >= 15 is 0 Å². The maximum Gasteiger partial charge on any atom is 0.161 e. The number of hydrogen-bond donors (Lipinski definition) is 2. The average molecular weight is 329 g/mol. The fraction of sp³-hybridized carbons (Fsp3) is 0.526. The van der Waals surface area contributed by atoms with Gasteiger partial charge < -0.3 is 19.8 Å². The zero-order chi connectivity index (χ0) is 17.1. The second kappa shape index (κ2) is 7.26. The molecule has 5 nitrogen and oxygen atoms in total. The molecule has 2 heterocycles. The third-order valence-corrected chi connectivity index (χ3v) is 4.44. The van der Waals surface area contributed by atoms with E-state index in [1.165, 1.54) is 11.1 Å². The zero-order valence-electron chi connectivity index (χ0n) is 15.0. The highest BCUT2D eigenvalue weighted by Gasteiger charge is 2.27. The fourth-order valence-electron chi connectivity index (χ4n) is 3.33. The average Bonchev–Trinajstić information content (AvgIpc) is 2.96. The van der Waals surface area contributed by atoms with Crippen LogP contribution in [0.25, 0.3) is 0 Å². The molecule has 1 unspecified atom stereocenters. The summed E-state index contributed by atoms with van der Waals surface area (Å²) in [4.78, 5) is 8.18. The van der Waals surface area contributed by atoms with Crippen LogP contribution in [0.15, 0.2) is 12.1 Å². The Morgan fingerprint density at radius 3 is 2.46 bits per heavy atom. The fourth-order valence-corrected chi connectivity index (χ4v) is 3.33. The van der Waals surface area contributed by atoms with Crippen molar-refractivity contribution in [2.75, 3.05) is 19.8 Å². The normalized spacial score (nSPS) is 16.8. The Morgan fingerprint density at radius 2 is 1.83 bits per heavy atom. The van der Waals surface area contributed by atoms with Crippen molar-refractivity contribution in [1.29, 1.82) is 0 Å². The van der Waals surface area contributed by atoms with Gasteiger partial charge in [-0.05, 0) is 50.5 Å². The highest BCUT2D eigenvalue weighted by Crippen LogP contribution is 2.38. The molecular weight excluding hydrogens is 302 g/mol. The molecule has 5 heteroatoms. The van der Waals surface area contributed by atoms with Gasteiger partial charge >= 0.3 is 0 Å². The van der Waals surface area contributed by atoms with Gasteiger partial charge in [-0.1, -0.05) is 6.92 Å². The summed E-state index contributed by atoms with van der Waals surface area (Å²) in [6.45, 7) is 10.4. The van der Waals surface area contributed by atoms with Gasteiger partial charge in [0, 0.05) is 18.7 Å². The van der Waals surface area contributed by atoms with E-state index in [9.17, 15) is 0 Å². The van der Waals surface area contributed by atoms with Crippen molar-refractivity contribution in [3.63, 3.8) is 0 Å². The quantitative estimate of drug-likeness (QED) is 0.853. The first kappa shape index (κ1) is 16.8. The smallest absolute Gasteiger partial charge is 0.161 e. The number of nitrogens with zero attached hydrogens (tertiary/aromatic N) is 1. The number of benzene rings is 1. The third kappa shape index (κ3) is 3.13. The molecule has 0 bridgehead atoms. The van der Waals surface area contributed by atoms with Gasteiger partial charge in [0.2, 0.25) is 0 Å². The summed E-state index contributed by atoms with van der Waals surface area (Å²) in [7, 11) is 0. The molecule has 0 aliphatic carbocycles. The van der Waals surface area contributed by atoms with Crippen LogP contribution in [0.4, 0.5) is 0 Å². The standard InChI is InChI=1S/C19H27N3O2/c1-5-17-21-12(4)18(22-17)19-14-11-16(24-7-3)15(23-6-2)10-13(14)8-9-20-19/h10-11,19-20H,5-9H2,1-4H3,(H,21,22). The Morgan fingerprint density at radius 1 is 1.12 bits per heavy atom. The van der Waals surface area contributed by atoms with Gasteiger partial charge in [-0.3, -0.25) is 0 Å². The number of fused-ring (bicyclic) bond motifs is 1. The largest absolute Gasteiger partial charge is 0.490 e. The van der Waals surface area contributed by atoms with E-state index in [0.29, 0.717) is 13.2 Å². The van der Waals surface area contributed by atoms with Crippen LogP contribution in [0.3, 0.4) is 0 Å². The topological polar surface area (TPSA) is 59.2 Å². The summed E-state index contributed by atoms with van der Waals surface area (Å²) in [5.41, 5.74) is 4.76. The zero-order valence-corrected chi connectivity index (χ0v) is 15.0. The lowest BCUT2D eigenvalue weighted by molar-refractivity contribution is 0.286. The molecule has 0 spiro atoms. The maximum atomic E-state index is 5.82. The molecule has 1 atom stereocenters. The molecule has 2 N–H and O–H groups in total. The van der Waals surface area contributed by atoms with Gasteiger partial charge in [0.15, 0.2) is 11.5 Å². The van der Waals surface area contributed by atoms with Crippen molar-refractivity contribution in [2.45, 2.75) is 46.6 Å². The van der Waals surface area contributed by atoms with Crippen LogP contribution in [0.5, 0.6) is 11.5 Å². The third-order valence-electron chi connectivity index (χ3n) is 4.44. The van der Waals surface area contributed by atoms with E-state index < -0.39 is 0 Å². The molecule has 1 aliphatic heterocycles. The Balaban J connectivity index is 2.05. The van der Waals surface area contributed by atoms with Crippen molar-refractivity contribution >= 4 is 0 Å². The molecule has 0 saturated carbocycles. The predicted octanol–water partition coefficient (Wildman–Crippen LogP) is 3.31. The van der Waals surface area contributed by atoms with Crippen LogP contribution in [0.1, 0.15) is 55.2 Å². The number of ether oxygens (including phenoxy) is 2. The molecule has 1 aliphatic rings. The van der Waals surface area contributed by atoms with E-state index in [0.717, 1.165) is 48.1 Å². The molecule has 2 aromatic rings. The van der Waals surface area contributed by atoms with Gasteiger partial charge in [-0.15, -0.1) is 0 Å². The van der Waals surface area contributed by atoms with E-state index in [1.54, 1.807) is 0 Å². The second-order valence-corrected chi connectivity index (χ2v) is 6.05. The lowest BCUT2D eigenvalue weighted by Gasteiger charge is -2.28. The van der Waals surface area contributed by atoms with Gasteiger partial charge in [0.25, 0.3) is 0 Å². The minimum absolute atomic E-state index is 0.0974. The Labute approximate surface area is 143 Å². The van der Waals surface area contributed by atoms with Crippen molar-refractivity contribution in [3.05, 3.63) is 40.5 Å². The lowest BCUT2D eigenvalue weighted by Crippen LogP contribution is -2.31. The first-order chi connectivity index (χ1) is 11.7. The molecule has 130 valence electrons. The van der Waals surface area contributed by atoms with Crippen LogP contribution in [0.2, 0.25) is 0 Å². The number of rotatable bonds is 6. The van der Waals surface area contributed by atoms with E-state index in [1.807, 2.05) is 13.8 Å². The number of aromatic amines is 1. The number of aryl methyl sites for hydroxylation is 2. The molecule has 0 saturated heterocycles. The Hall–Kier alpha value is -2.01. The second-order valence-electron chi connectivity index (χ2n) is 6.05. The number of H-pyrrole nitrogens is 1. The molecule has 24 heavy (non-hydrogen) atoms. The minimum Gasteiger partial charge on any atom is -0.490 e. The molecule has 0 radical (unpaired) electrons. The first-order valence-electron chi connectivity index (χ1n) is 8.89. The Kier molecular flexibility index (Phi) is 5.09. The Bertz CT molecular complexity index is 709. The number of nitrogens with one attached hydrogen (secondary N) is 2. The molecule has 1 aromatic carbocycles. The minimum atomic E-state index is 0.0974. The van der Waals surface area contributed by atoms with Gasteiger partial charge in [-0.2, -0.15) is 0 Å². The van der Waals surface area contributed by atoms with E-state index in [2.05, 4.69) is 36.3 Å². The summed E-state index contributed by atoms with van der Waals surface area (Å²) >= 11 is 0. The monoisotopic (exact) mass is 329 g/mol. The summed E-state index contributed by atoms with van der Waals surface area (Å²) in [6, 6.07) is 4.36. The summed E-state index contributed by atoms with van der Waals surface area (Å²) in [6.07, 6.45) is 1.90. The van der Waals surface area contributed by atoms with Crippen LogP contribution < -0.4 is 14.8 Å². The SMILES string of the molecule is CCOc1cc2c(cc1OCC)C(c1nc(CC)[nH]c1C)NCC2. The number of aromatic nitrogens is 2. The summed E-state index contributed by atoms with van der Waals surface area (Å²) in [5.74, 6) is 2.69. The summed E-state index contributed by atoms with van der Waals surface area (Å²) in [5, 5.41) is 3.61. The van der Waals surface area contributed by atoms with Crippen molar-refractivity contribution < 1.29 is 9.47 Å². The highest BCUT2D eigenvalue weighted by molar-refractivity contribution is 5.51. The predicted molar refractivity (Wildman–Crippen MR) is 95.0 cm³/mol. The molecule has 1 aromatic heterocycles. The van der Waals surface area contributed by atoms with Gasteiger partial charge in [-0.25, -0.2) is 4.98 Å².